The van der Waals surface area contributed by atoms with Gasteiger partial charge in [-0.15, -0.1) is 0 Å². The first kappa shape index (κ1) is 9.17. The third-order valence-corrected chi connectivity index (χ3v) is 1.75. The van der Waals surface area contributed by atoms with E-state index in [1.54, 1.807) is 6.08 Å². The minimum absolute atomic E-state index is 0.176. The molecule has 0 spiro atoms. The molecular weight excluding hydrogens is 152 g/mol. The molecule has 0 aromatic heterocycles. The fourth-order valence-electron chi connectivity index (χ4n) is 1.20. The summed E-state index contributed by atoms with van der Waals surface area (Å²) in [4.78, 5) is 0. The summed E-state index contributed by atoms with van der Waals surface area (Å²) in [6.07, 6.45) is 3.90. The number of hydrogen-bond acceptors (Lipinski definition) is 2. The maximum atomic E-state index is 5.61. The van der Waals surface area contributed by atoms with E-state index in [4.69, 9.17) is 9.47 Å². The fourth-order valence-corrected chi connectivity index (χ4v) is 1.20. The molecule has 1 unspecified atom stereocenters. The molecule has 1 rings (SSSR count). The van der Waals surface area contributed by atoms with E-state index in [1.807, 2.05) is 6.92 Å². The molecule has 0 radical (unpaired) electrons. The van der Waals surface area contributed by atoms with Gasteiger partial charge in [0, 0.05) is 6.42 Å². The summed E-state index contributed by atoms with van der Waals surface area (Å²) < 4.78 is 11.1. The summed E-state index contributed by atoms with van der Waals surface area (Å²) in [7, 11) is 0. The van der Waals surface area contributed by atoms with Crippen LogP contribution in [0.1, 0.15) is 26.7 Å². The van der Waals surface area contributed by atoms with E-state index in [0.29, 0.717) is 6.61 Å². The number of hydrogen-bond donors (Lipinski definition) is 0. The summed E-state index contributed by atoms with van der Waals surface area (Å²) in [5.74, 6) is 1.77. The highest BCUT2D eigenvalue weighted by Gasteiger charge is 2.17. The number of allylic oxidation sites excluding steroid dienone is 2. The molecule has 1 atom stereocenters. The van der Waals surface area contributed by atoms with Crippen molar-refractivity contribution < 1.29 is 9.47 Å². The Bertz CT molecular complexity index is 194. The van der Waals surface area contributed by atoms with Crippen molar-refractivity contribution in [3.8, 4) is 0 Å². The molecule has 2 heteroatoms. The van der Waals surface area contributed by atoms with E-state index in [9.17, 15) is 0 Å². The average Bonchev–Trinajstić information content (AvgIpc) is 2.05. The maximum absolute atomic E-state index is 5.61. The standard InChI is InChI=1S/C10H16O2/c1-4-6-10-9(5-2)11-7-8(3)12-10/h5,8H,2,4,6-7H2,1,3H3. The Labute approximate surface area is 73.9 Å². The van der Waals surface area contributed by atoms with Gasteiger partial charge >= 0.3 is 0 Å². The molecule has 0 bridgehead atoms. The van der Waals surface area contributed by atoms with Crippen LogP contribution in [0.2, 0.25) is 0 Å². The summed E-state index contributed by atoms with van der Waals surface area (Å²) in [6.45, 7) is 8.44. The lowest BCUT2D eigenvalue weighted by Gasteiger charge is -2.25. The third-order valence-electron chi connectivity index (χ3n) is 1.75. The minimum atomic E-state index is 0.176. The zero-order valence-corrected chi connectivity index (χ0v) is 7.80. The monoisotopic (exact) mass is 168 g/mol. The highest BCUT2D eigenvalue weighted by molar-refractivity contribution is 5.15. The Morgan fingerprint density at radius 2 is 2.42 bits per heavy atom. The molecule has 1 aliphatic heterocycles. The van der Waals surface area contributed by atoms with E-state index in [1.165, 1.54) is 0 Å². The van der Waals surface area contributed by atoms with Crippen molar-refractivity contribution in [1.29, 1.82) is 0 Å². The molecule has 0 saturated carbocycles. The van der Waals surface area contributed by atoms with Crippen LogP contribution in [0.3, 0.4) is 0 Å². The van der Waals surface area contributed by atoms with E-state index < -0.39 is 0 Å². The topological polar surface area (TPSA) is 18.5 Å². The maximum Gasteiger partial charge on any atom is 0.156 e. The molecule has 2 nitrogen and oxygen atoms in total. The Balaban J connectivity index is 2.69. The molecule has 1 aliphatic rings. The highest BCUT2D eigenvalue weighted by Crippen LogP contribution is 2.21. The predicted octanol–water partition coefficient (Wildman–Crippen LogP) is 2.62. The van der Waals surface area contributed by atoms with Gasteiger partial charge in [0.15, 0.2) is 5.76 Å². The van der Waals surface area contributed by atoms with Gasteiger partial charge in [-0.3, -0.25) is 0 Å². The largest absolute Gasteiger partial charge is 0.488 e. The lowest BCUT2D eigenvalue weighted by molar-refractivity contribution is 0.00765. The van der Waals surface area contributed by atoms with E-state index in [2.05, 4.69) is 13.5 Å². The molecule has 0 fully saturated rings. The zero-order valence-electron chi connectivity index (χ0n) is 7.80. The first-order chi connectivity index (χ1) is 5.77. The number of rotatable bonds is 3. The average molecular weight is 168 g/mol. The quantitative estimate of drug-likeness (QED) is 0.645. The lowest BCUT2D eigenvalue weighted by Crippen LogP contribution is -2.21. The summed E-state index contributed by atoms with van der Waals surface area (Å²) in [6, 6.07) is 0. The second-order valence-electron chi connectivity index (χ2n) is 2.98. The van der Waals surface area contributed by atoms with Crippen LogP contribution in [-0.2, 0) is 9.47 Å². The van der Waals surface area contributed by atoms with E-state index in [0.717, 1.165) is 24.4 Å². The second kappa shape index (κ2) is 4.19. The van der Waals surface area contributed by atoms with Gasteiger partial charge in [-0.05, 0) is 19.4 Å². The lowest BCUT2D eigenvalue weighted by atomic mass is 10.2. The van der Waals surface area contributed by atoms with Crippen molar-refractivity contribution in [2.75, 3.05) is 6.61 Å². The van der Waals surface area contributed by atoms with Crippen molar-refractivity contribution in [1.82, 2.24) is 0 Å². The van der Waals surface area contributed by atoms with Crippen LogP contribution in [0.5, 0.6) is 0 Å². The Kier molecular flexibility index (Phi) is 3.20. The minimum Gasteiger partial charge on any atom is -0.488 e. The van der Waals surface area contributed by atoms with Crippen LogP contribution >= 0.6 is 0 Å². The second-order valence-corrected chi connectivity index (χ2v) is 2.98. The first-order valence-corrected chi connectivity index (χ1v) is 4.43. The van der Waals surface area contributed by atoms with Gasteiger partial charge in [-0.25, -0.2) is 0 Å². The molecule has 0 aromatic rings. The molecule has 0 saturated heterocycles. The summed E-state index contributed by atoms with van der Waals surface area (Å²) >= 11 is 0. The van der Waals surface area contributed by atoms with Gasteiger partial charge in [0.25, 0.3) is 0 Å². The Morgan fingerprint density at radius 1 is 1.67 bits per heavy atom. The van der Waals surface area contributed by atoms with Gasteiger partial charge in [-0.2, -0.15) is 0 Å². The molecule has 68 valence electrons. The predicted molar refractivity (Wildman–Crippen MR) is 48.6 cm³/mol. The van der Waals surface area contributed by atoms with Gasteiger partial charge in [-0.1, -0.05) is 13.5 Å². The number of ether oxygens (including phenoxy) is 2. The molecule has 0 N–H and O–H groups in total. The van der Waals surface area contributed by atoms with Crippen molar-refractivity contribution >= 4 is 0 Å². The molecule has 0 aromatic carbocycles. The van der Waals surface area contributed by atoms with Crippen LogP contribution in [0.4, 0.5) is 0 Å². The molecule has 1 heterocycles. The van der Waals surface area contributed by atoms with Crippen LogP contribution in [0, 0.1) is 0 Å². The zero-order chi connectivity index (χ0) is 8.97. The SMILES string of the molecule is C=CC1=C(CCC)OC(C)CO1. The smallest absolute Gasteiger partial charge is 0.156 e. The molecule has 12 heavy (non-hydrogen) atoms. The third kappa shape index (κ3) is 2.03. The molecule has 0 aliphatic carbocycles. The van der Waals surface area contributed by atoms with Gasteiger partial charge < -0.3 is 9.47 Å². The Hall–Kier alpha value is -0.920. The van der Waals surface area contributed by atoms with E-state index in [-0.39, 0.29) is 6.10 Å². The van der Waals surface area contributed by atoms with Crippen LogP contribution in [0.15, 0.2) is 24.2 Å². The van der Waals surface area contributed by atoms with Crippen molar-refractivity contribution in [2.45, 2.75) is 32.8 Å². The summed E-state index contributed by atoms with van der Waals surface area (Å²) in [5, 5.41) is 0. The van der Waals surface area contributed by atoms with Gasteiger partial charge in [0.1, 0.15) is 18.5 Å². The van der Waals surface area contributed by atoms with Gasteiger partial charge in [0.05, 0.1) is 0 Å². The molecular formula is C10H16O2. The normalized spacial score (nSPS) is 23.0. The van der Waals surface area contributed by atoms with Crippen molar-refractivity contribution in [3.05, 3.63) is 24.2 Å². The van der Waals surface area contributed by atoms with Crippen molar-refractivity contribution in [2.24, 2.45) is 0 Å². The van der Waals surface area contributed by atoms with Crippen LogP contribution < -0.4 is 0 Å². The van der Waals surface area contributed by atoms with E-state index >= 15 is 0 Å². The summed E-state index contributed by atoms with van der Waals surface area (Å²) in [5.41, 5.74) is 0. The van der Waals surface area contributed by atoms with Crippen LogP contribution in [0.25, 0.3) is 0 Å². The van der Waals surface area contributed by atoms with Gasteiger partial charge in [0.2, 0.25) is 0 Å². The molecule has 0 amide bonds. The van der Waals surface area contributed by atoms with Crippen LogP contribution in [-0.4, -0.2) is 12.7 Å². The Morgan fingerprint density at radius 3 is 3.00 bits per heavy atom. The fraction of sp³-hybridized carbons (Fsp3) is 0.600. The highest BCUT2D eigenvalue weighted by atomic mass is 16.6. The van der Waals surface area contributed by atoms with Crippen molar-refractivity contribution in [3.63, 3.8) is 0 Å². The first-order valence-electron chi connectivity index (χ1n) is 4.43.